The van der Waals surface area contributed by atoms with Crippen molar-refractivity contribution >= 4 is 11.8 Å². The first-order chi connectivity index (χ1) is 11.9. The summed E-state index contributed by atoms with van der Waals surface area (Å²) in [5.74, 6) is 0. The number of amides is 1. The quantitative estimate of drug-likeness (QED) is 0.840. The fraction of sp³-hybridized carbons (Fsp3) is 0.650. The monoisotopic (exact) mass is 345 g/mol. The molecule has 0 N–H and O–H groups in total. The van der Waals surface area contributed by atoms with Crippen molar-refractivity contribution in [2.24, 2.45) is 0 Å². The molecule has 5 heteroatoms. The highest BCUT2D eigenvalue weighted by molar-refractivity contribution is 5.71. The Bertz CT molecular complexity index is 616. The second-order valence-corrected chi connectivity index (χ2v) is 8.08. The average Bonchev–Trinajstić information content (AvgIpc) is 2.99. The number of carbonyl (C=O) groups is 1. The van der Waals surface area contributed by atoms with Gasteiger partial charge < -0.3 is 9.64 Å². The number of fused-ring (bicyclic) bond motifs is 1. The summed E-state index contributed by atoms with van der Waals surface area (Å²) in [6.07, 6.45) is 0.994. The first-order valence-electron chi connectivity index (χ1n) is 9.43. The molecule has 5 nitrogen and oxygen atoms in total. The largest absolute Gasteiger partial charge is 0.444 e. The zero-order valence-electron chi connectivity index (χ0n) is 16.0. The zero-order chi connectivity index (χ0) is 18.0. The van der Waals surface area contributed by atoms with E-state index in [9.17, 15) is 4.79 Å². The number of benzene rings is 1. The summed E-state index contributed by atoms with van der Waals surface area (Å²) in [7, 11) is 0. The molecule has 0 spiro atoms. The van der Waals surface area contributed by atoms with Crippen molar-refractivity contribution in [1.82, 2.24) is 9.80 Å². The van der Waals surface area contributed by atoms with Crippen molar-refractivity contribution in [1.29, 1.82) is 0 Å². The highest BCUT2D eigenvalue weighted by atomic mass is 16.6. The third kappa shape index (κ3) is 4.27. The van der Waals surface area contributed by atoms with Crippen LogP contribution in [0.1, 0.15) is 45.2 Å². The fourth-order valence-electron chi connectivity index (χ4n) is 3.68. The lowest BCUT2D eigenvalue weighted by atomic mass is 10.1. The molecular weight excluding hydrogens is 314 g/mol. The molecule has 1 saturated heterocycles. The van der Waals surface area contributed by atoms with E-state index in [1.165, 1.54) is 29.8 Å². The van der Waals surface area contributed by atoms with Crippen LogP contribution in [-0.4, -0.2) is 54.2 Å². The second-order valence-electron chi connectivity index (χ2n) is 8.08. The molecule has 138 valence electrons. The van der Waals surface area contributed by atoms with Gasteiger partial charge in [-0.15, -0.1) is 0 Å². The van der Waals surface area contributed by atoms with Gasteiger partial charge in [0.15, 0.2) is 0 Å². The van der Waals surface area contributed by atoms with Crippen LogP contribution in [0.5, 0.6) is 0 Å². The van der Waals surface area contributed by atoms with Crippen LogP contribution < -0.4 is 4.90 Å². The Morgan fingerprint density at radius 2 is 1.84 bits per heavy atom. The molecule has 0 aromatic heterocycles. The predicted molar refractivity (Wildman–Crippen MR) is 101 cm³/mol. The number of hydrogen-bond donors (Lipinski definition) is 0. The fourth-order valence-corrected chi connectivity index (χ4v) is 3.68. The van der Waals surface area contributed by atoms with E-state index >= 15 is 0 Å². The lowest BCUT2D eigenvalue weighted by Gasteiger charge is -2.36. The van der Waals surface area contributed by atoms with Gasteiger partial charge in [0.05, 0.1) is 6.54 Å². The Morgan fingerprint density at radius 1 is 1.12 bits per heavy atom. The molecule has 0 radical (unpaired) electrons. The Balaban J connectivity index is 1.69. The number of ether oxygens (including phenoxy) is 1. The number of carbonyl (C=O) groups excluding carboxylic acids is 1. The first-order valence-corrected chi connectivity index (χ1v) is 9.43. The van der Waals surface area contributed by atoms with Crippen LogP contribution in [0.2, 0.25) is 0 Å². The zero-order valence-corrected chi connectivity index (χ0v) is 16.0. The van der Waals surface area contributed by atoms with Crippen molar-refractivity contribution in [3.63, 3.8) is 0 Å². The van der Waals surface area contributed by atoms with Crippen LogP contribution >= 0.6 is 0 Å². The van der Waals surface area contributed by atoms with Gasteiger partial charge in [-0.25, -0.2) is 4.79 Å². The third-order valence-corrected chi connectivity index (χ3v) is 4.86. The maximum Gasteiger partial charge on any atom is 0.410 e. The van der Waals surface area contributed by atoms with Crippen LogP contribution in [0, 0.1) is 0 Å². The average molecular weight is 345 g/mol. The van der Waals surface area contributed by atoms with E-state index in [-0.39, 0.29) is 6.09 Å². The van der Waals surface area contributed by atoms with Crippen molar-refractivity contribution < 1.29 is 9.53 Å². The second kappa shape index (κ2) is 7.24. The summed E-state index contributed by atoms with van der Waals surface area (Å²) < 4.78 is 5.55. The smallest absolute Gasteiger partial charge is 0.410 e. The van der Waals surface area contributed by atoms with Gasteiger partial charge in [-0.1, -0.05) is 19.1 Å². The maximum atomic E-state index is 12.4. The van der Waals surface area contributed by atoms with E-state index in [0.29, 0.717) is 13.1 Å². The molecule has 0 bridgehead atoms. The molecule has 1 fully saturated rings. The number of piperazine rings is 1. The summed E-state index contributed by atoms with van der Waals surface area (Å²) in [4.78, 5) is 19.2. The van der Waals surface area contributed by atoms with Gasteiger partial charge in [-0.05, 0) is 50.9 Å². The Kier molecular flexibility index (Phi) is 5.23. The number of nitrogens with zero attached hydrogens (tertiary/aromatic N) is 3. The van der Waals surface area contributed by atoms with Crippen LogP contribution in [0.3, 0.4) is 0 Å². The lowest BCUT2D eigenvalue weighted by molar-refractivity contribution is 0.0242. The topological polar surface area (TPSA) is 36.0 Å². The summed E-state index contributed by atoms with van der Waals surface area (Å²) in [5.41, 5.74) is 3.38. The summed E-state index contributed by atoms with van der Waals surface area (Å²) in [6, 6.07) is 6.45. The van der Waals surface area contributed by atoms with E-state index in [2.05, 4.69) is 34.9 Å². The molecule has 25 heavy (non-hydrogen) atoms. The minimum Gasteiger partial charge on any atom is -0.444 e. The molecule has 2 aliphatic heterocycles. The molecular formula is C20H31N3O2. The Morgan fingerprint density at radius 3 is 2.48 bits per heavy atom. The van der Waals surface area contributed by atoms with E-state index < -0.39 is 5.60 Å². The van der Waals surface area contributed by atoms with Gasteiger partial charge in [-0.3, -0.25) is 9.80 Å². The normalized spacial score (nSPS) is 18.4. The van der Waals surface area contributed by atoms with E-state index in [0.717, 1.165) is 26.2 Å². The van der Waals surface area contributed by atoms with Gasteiger partial charge in [0.25, 0.3) is 0 Å². The molecule has 1 aromatic rings. The van der Waals surface area contributed by atoms with E-state index in [4.69, 9.17) is 4.74 Å². The minimum atomic E-state index is -0.454. The van der Waals surface area contributed by atoms with Crippen LogP contribution in [0.25, 0.3) is 0 Å². The summed E-state index contributed by atoms with van der Waals surface area (Å²) in [6.45, 7) is 14.8. The predicted octanol–water partition coefficient (Wildman–Crippen LogP) is 3.47. The van der Waals surface area contributed by atoms with E-state index in [1.807, 2.05) is 25.7 Å². The van der Waals surface area contributed by atoms with Crippen LogP contribution in [-0.2, 0) is 17.8 Å². The highest BCUT2D eigenvalue weighted by Crippen LogP contribution is 2.33. The van der Waals surface area contributed by atoms with Gasteiger partial charge in [0.2, 0.25) is 0 Å². The molecule has 2 aliphatic rings. The molecule has 1 aromatic carbocycles. The van der Waals surface area contributed by atoms with Gasteiger partial charge >= 0.3 is 6.09 Å². The van der Waals surface area contributed by atoms with Gasteiger partial charge in [0, 0.05) is 38.4 Å². The van der Waals surface area contributed by atoms with Crippen LogP contribution in [0.4, 0.5) is 10.5 Å². The standard InChI is InChI=1S/C20H31N3O2/c1-5-9-21-10-12-22(13-11-21)18-8-6-7-16-14-23(15-17(16)18)19(24)25-20(2,3)4/h6-8H,5,9-15H2,1-4H3. The molecule has 0 atom stereocenters. The number of rotatable bonds is 3. The lowest BCUT2D eigenvalue weighted by Crippen LogP contribution is -2.46. The van der Waals surface area contributed by atoms with E-state index in [1.54, 1.807) is 0 Å². The molecule has 0 aliphatic carbocycles. The number of anilines is 1. The highest BCUT2D eigenvalue weighted by Gasteiger charge is 2.30. The Labute approximate surface area is 151 Å². The maximum absolute atomic E-state index is 12.4. The van der Waals surface area contributed by atoms with Gasteiger partial charge in [0.1, 0.15) is 5.60 Å². The SMILES string of the molecule is CCCN1CCN(c2cccc3c2CN(C(=O)OC(C)(C)C)C3)CC1. The van der Waals surface area contributed by atoms with Crippen molar-refractivity contribution in [2.75, 3.05) is 37.6 Å². The minimum absolute atomic E-state index is 0.220. The molecule has 0 unspecified atom stereocenters. The summed E-state index contributed by atoms with van der Waals surface area (Å²) >= 11 is 0. The summed E-state index contributed by atoms with van der Waals surface area (Å²) in [5, 5.41) is 0. The molecule has 2 heterocycles. The molecule has 1 amide bonds. The molecule has 3 rings (SSSR count). The molecule has 0 saturated carbocycles. The van der Waals surface area contributed by atoms with Crippen molar-refractivity contribution in [2.45, 2.75) is 52.8 Å². The third-order valence-electron chi connectivity index (χ3n) is 4.86. The first kappa shape index (κ1) is 18.1. The van der Waals surface area contributed by atoms with Gasteiger partial charge in [-0.2, -0.15) is 0 Å². The Hall–Kier alpha value is -1.75. The number of hydrogen-bond acceptors (Lipinski definition) is 4. The van der Waals surface area contributed by atoms with Crippen molar-refractivity contribution in [3.05, 3.63) is 29.3 Å². The van der Waals surface area contributed by atoms with Crippen LogP contribution in [0.15, 0.2) is 18.2 Å². The van der Waals surface area contributed by atoms with Crippen molar-refractivity contribution in [3.8, 4) is 0 Å².